The number of hydrogen-bond donors (Lipinski definition) is 0. The Morgan fingerprint density at radius 2 is 1.70 bits per heavy atom. The van der Waals surface area contributed by atoms with Crippen LogP contribution in [0.4, 0.5) is 4.79 Å². The number of benzene rings is 1. The summed E-state index contributed by atoms with van der Waals surface area (Å²) in [6.45, 7) is 9.16. The van der Waals surface area contributed by atoms with Crippen molar-refractivity contribution in [2.45, 2.75) is 65.5 Å². The lowest BCUT2D eigenvalue weighted by Crippen LogP contribution is -2.37. The van der Waals surface area contributed by atoms with Gasteiger partial charge in [0.1, 0.15) is 5.60 Å². The van der Waals surface area contributed by atoms with Crippen molar-refractivity contribution in [1.82, 2.24) is 4.90 Å². The third-order valence-electron chi connectivity index (χ3n) is 3.23. The van der Waals surface area contributed by atoms with Crippen LogP contribution in [0.5, 0.6) is 0 Å². The van der Waals surface area contributed by atoms with Crippen molar-refractivity contribution in [1.29, 1.82) is 0 Å². The Hall–Kier alpha value is -0.550. The molecule has 0 bridgehead atoms. The number of unbranched alkanes of at least 4 members (excludes halogenated alkanes) is 3. The van der Waals surface area contributed by atoms with Gasteiger partial charge in [-0.05, 0) is 51.0 Å². The van der Waals surface area contributed by atoms with Crippen LogP contribution in [0, 0.1) is 0 Å². The van der Waals surface area contributed by atoms with Crippen molar-refractivity contribution in [2.24, 2.45) is 0 Å². The molecule has 0 N–H and O–H groups in total. The first kappa shape index (κ1) is 20.5. The Morgan fingerprint density at radius 1 is 1.09 bits per heavy atom. The van der Waals surface area contributed by atoms with E-state index in [4.69, 9.17) is 4.74 Å². The molecule has 1 aromatic carbocycles. The molecule has 0 aliphatic heterocycles. The normalized spacial score (nSPS) is 11.4. The highest BCUT2D eigenvalue weighted by Gasteiger charge is 2.22. The molecule has 1 rings (SSSR count). The number of hydrogen-bond acceptors (Lipinski definition) is 2. The van der Waals surface area contributed by atoms with Gasteiger partial charge in [-0.3, -0.25) is 0 Å². The standard InChI is InChI=1S/C18H27Br2NO2/c1-5-6-7-8-9-21(17(22)23-18(2,3)4)13-14-10-15(19)12-16(20)11-14/h10-12H,5-9,13H2,1-4H3. The van der Waals surface area contributed by atoms with E-state index in [1.165, 1.54) is 12.8 Å². The highest BCUT2D eigenvalue weighted by atomic mass is 79.9. The van der Waals surface area contributed by atoms with Crippen LogP contribution in [0.1, 0.15) is 58.9 Å². The van der Waals surface area contributed by atoms with Gasteiger partial charge in [0.15, 0.2) is 0 Å². The number of carbonyl (C=O) groups is 1. The van der Waals surface area contributed by atoms with E-state index < -0.39 is 5.60 Å². The van der Waals surface area contributed by atoms with Gasteiger partial charge < -0.3 is 9.64 Å². The summed E-state index contributed by atoms with van der Waals surface area (Å²) in [4.78, 5) is 14.3. The van der Waals surface area contributed by atoms with E-state index in [9.17, 15) is 4.79 Å². The van der Waals surface area contributed by atoms with Crippen LogP contribution >= 0.6 is 31.9 Å². The summed E-state index contributed by atoms with van der Waals surface area (Å²) >= 11 is 6.99. The minimum atomic E-state index is -0.476. The fraction of sp³-hybridized carbons (Fsp3) is 0.611. The average Bonchev–Trinajstić information content (AvgIpc) is 2.39. The first-order chi connectivity index (χ1) is 10.7. The second-order valence-corrected chi connectivity index (χ2v) is 8.57. The fourth-order valence-electron chi connectivity index (χ4n) is 2.21. The average molecular weight is 449 g/mol. The topological polar surface area (TPSA) is 29.5 Å². The van der Waals surface area contributed by atoms with Gasteiger partial charge in [-0.15, -0.1) is 0 Å². The SMILES string of the molecule is CCCCCCN(Cc1cc(Br)cc(Br)c1)C(=O)OC(C)(C)C. The number of nitrogens with zero attached hydrogens (tertiary/aromatic N) is 1. The van der Waals surface area contributed by atoms with Gasteiger partial charge in [0.25, 0.3) is 0 Å². The van der Waals surface area contributed by atoms with Crippen molar-refractivity contribution < 1.29 is 9.53 Å². The van der Waals surface area contributed by atoms with Crippen LogP contribution in [-0.2, 0) is 11.3 Å². The number of rotatable bonds is 7. The van der Waals surface area contributed by atoms with Gasteiger partial charge in [-0.2, -0.15) is 0 Å². The maximum Gasteiger partial charge on any atom is 0.410 e. The molecule has 0 unspecified atom stereocenters. The molecule has 23 heavy (non-hydrogen) atoms. The fourth-order valence-corrected chi connectivity index (χ4v) is 3.60. The summed E-state index contributed by atoms with van der Waals surface area (Å²) in [7, 11) is 0. The summed E-state index contributed by atoms with van der Waals surface area (Å²) in [6.07, 6.45) is 4.28. The van der Waals surface area contributed by atoms with Crippen LogP contribution in [0.2, 0.25) is 0 Å². The van der Waals surface area contributed by atoms with Gasteiger partial charge in [0, 0.05) is 22.0 Å². The van der Waals surface area contributed by atoms with Crippen LogP contribution in [0.25, 0.3) is 0 Å². The maximum atomic E-state index is 12.5. The summed E-state index contributed by atoms with van der Waals surface area (Å²) in [5, 5.41) is 0. The monoisotopic (exact) mass is 447 g/mol. The minimum absolute atomic E-state index is 0.245. The maximum absolute atomic E-state index is 12.5. The molecule has 0 saturated carbocycles. The minimum Gasteiger partial charge on any atom is -0.444 e. The van der Waals surface area contributed by atoms with Crippen LogP contribution in [0.15, 0.2) is 27.1 Å². The first-order valence-corrected chi connectivity index (χ1v) is 9.73. The molecule has 0 aliphatic carbocycles. The molecule has 0 heterocycles. The van der Waals surface area contributed by atoms with Crippen molar-refractivity contribution in [3.63, 3.8) is 0 Å². The van der Waals surface area contributed by atoms with E-state index in [-0.39, 0.29) is 6.09 Å². The number of amides is 1. The molecule has 0 aliphatic rings. The highest BCUT2D eigenvalue weighted by Crippen LogP contribution is 2.22. The lowest BCUT2D eigenvalue weighted by Gasteiger charge is -2.27. The molecule has 0 atom stereocenters. The van der Waals surface area contributed by atoms with E-state index in [1.54, 1.807) is 4.90 Å². The van der Waals surface area contributed by atoms with Crippen molar-refractivity contribution >= 4 is 38.0 Å². The van der Waals surface area contributed by atoms with Gasteiger partial charge in [-0.25, -0.2) is 4.79 Å². The van der Waals surface area contributed by atoms with Crippen LogP contribution in [-0.4, -0.2) is 23.1 Å². The number of ether oxygens (including phenoxy) is 1. The zero-order chi connectivity index (χ0) is 17.5. The van der Waals surface area contributed by atoms with Gasteiger partial charge in [-0.1, -0.05) is 58.0 Å². The summed E-state index contributed by atoms with van der Waals surface area (Å²) in [6, 6.07) is 6.06. The van der Waals surface area contributed by atoms with Gasteiger partial charge in [0.05, 0.1) is 0 Å². The van der Waals surface area contributed by atoms with E-state index in [2.05, 4.69) is 38.8 Å². The summed E-state index contributed by atoms with van der Waals surface area (Å²) in [5.74, 6) is 0. The molecule has 0 radical (unpaired) electrons. The largest absolute Gasteiger partial charge is 0.444 e. The Labute approximate surface area is 157 Å². The predicted molar refractivity (Wildman–Crippen MR) is 103 cm³/mol. The van der Waals surface area contributed by atoms with Crippen molar-refractivity contribution in [3.05, 3.63) is 32.7 Å². The van der Waals surface area contributed by atoms with Crippen LogP contribution in [0.3, 0.4) is 0 Å². The lowest BCUT2D eigenvalue weighted by molar-refractivity contribution is 0.0230. The third kappa shape index (κ3) is 8.75. The van der Waals surface area contributed by atoms with Crippen LogP contribution < -0.4 is 0 Å². The Kier molecular flexibility index (Phi) is 8.62. The summed E-state index contributed by atoms with van der Waals surface area (Å²) < 4.78 is 7.55. The Balaban J connectivity index is 2.78. The molecular weight excluding hydrogens is 422 g/mol. The zero-order valence-corrected chi connectivity index (χ0v) is 17.7. The van der Waals surface area contributed by atoms with Crippen molar-refractivity contribution in [3.8, 4) is 0 Å². The highest BCUT2D eigenvalue weighted by molar-refractivity contribution is 9.11. The molecule has 3 nitrogen and oxygen atoms in total. The quantitative estimate of drug-likeness (QED) is 0.443. The smallest absolute Gasteiger partial charge is 0.410 e. The molecule has 0 saturated heterocycles. The third-order valence-corrected chi connectivity index (χ3v) is 4.14. The second-order valence-electron chi connectivity index (χ2n) is 6.74. The van der Waals surface area contributed by atoms with Gasteiger partial charge in [0.2, 0.25) is 0 Å². The van der Waals surface area contributed by atoms with E-state index >= 15 is 0 Å². The molecule has 5 heteroatoms. The van der Waals surface area contributed by atoms with Crippen molar-refractivity contribution in [2.75, 3.05) is 6.54 Å². The predicted octanol–water partition coefficient (Wildman–Crippen LogP) is 6.53. The lowest BCUT2D eigenvalue weighted by atomic mass is 10.1. The number of carbonyl (C=O) groups excluding carboxylic acids is 1. The Morgan fingerprint density at radius 3 is 2.22 bits per heavy atom. The Bertz CT molecular complexity index is 492. The second kappa shape index (κ2) is 9.67. The zero-order valence-electron chi connectivity index (χ0n) is 14.5. The molecular formula is C18H27Br2NO2. The first-order valence-electron chi connectivity index (χ1n) is 8.14. The molecule has 0 aromatic heterocycles. The molecule has 0 spiro atoms. The molecule has 0 fully saturated rings. The van der Waals surface area contributed by atoms with E-state index in [0.29, 0.717) is 6.54 Å². The molecule has 130 valence electrons. The molecule has 1 amide bonds. The van der Waals surface area contributed by atoms with E-state index in [0.717, 1.165) is 33.9 Å². The number of halogens is 2. The molecule has 1 aromatic rings. The summed E-state index contributed by atoms with van der Waals surface area (Å²) in [5.41, 5.74) is 0.601. The van der Waals surface area contributed by atoms with E-state index in [1.807, 2.05) is 39.0 Å². The van der Waals surface area contributed by atoms with Gasteiger partial charge >= 0.3 is 6.09 Å².